The third-order valence-electron chi connectivity index (χ3n) is 5.74. The van der Waals surface area contributed by atoms with Crippen LogP contribution in [-0.4, -0.2) is 49.0 Å². The van der Waals surface area contributed by atoms with Gasteiger partial charge in [0.25, 0.3) is 5.91 Å². The molecule has 32 heavy (non-hydrogen) atoms. The Morgan fingerprint density at radius 3 is 2.06 bits per heavy atom. The average molecular weight is 434 g/mol. The Bertz CT molecular complexity index is 1030. The smallest absolute Gasteiger partial charge is 0.255 e. The number of halogens is 1. The van der Waals surface area contributed by atoms with E-state index in [1.807, 2.05) is 60.7 Å². The normalized spacial score (nSPS) is 14.8. The lowest BCUT2D eigenvalue weighted by Gasteiger charge is -2.34. The van der Waals surface area contributed by atoms with Crippen LogP contribution in [-0.2, 0) is 13.1 Å². The summed E-state index contributed by atoms with van der Waals surface area (Å²) in [5, 5.41) is 2.91. The molecular weight excluding hydrogens is 405 g/mol. The van der Waals surface area contributed by atoms with Gasteiger partial charge in [-0.2, -0.15) is 0 Å². The van der Waals surface area contributed by atoms with Crippen LogP contribution in [0.2, 0.25) is 0 Å². The molecule has 0 aliphatic carbocycles. The molecule has 0 bridgehead atoms. The molecule has 4 rings (SSSR count). The first-order chi connectivity index (χ1) is 15.6. The molecule has 1 amide bonds. The SMILES string of the molecule is COc1ccc(CN2CCN(Cc3ccc(C(=O)Nc4ccccc4)cc3)CC2)cc1F. The maximum absolute atomic E-state index is 13.9. The van der Waals surface area contributed by atoms with Gasteiger partial charge < -0.3 is 10.1 Å². The number of hydrogen-bond donors (Lipinski definition) is 1. The van der Waals surface area contributed by atoms with Crippen LogP contribution in [0.3, 0.4) is 0 Å². The number of carbonyl (C=O) groups is 1. The van der Waals surface area contributed by atoms with Gasteiger partial charge in [0, 0.05) is 50.5 Å². The molecule has 0 spiro atoms. The van der Waals surface area contributed by atoms with E-state index in [9.17, 15) is 9.18 Å². The van der Waals surface area contributed by atoms with Crippen LogP contribution in [0, 0.1) is 5.82 Å². The van der Waals surface area contributed by atoms with Crippen molar-refractivity contribution in [2.75, 3.05) is 38.6 Å². The minimum atomic E-state index is -0.315. The van der Waals surface area contributed by atoms with Crippen molar-refractivity contribution in [3.05, 3.63) is 95.3 Å². The van der Waals surface area contributed by atoms with E-state index in [0.717, 1.165) is 50.5 Å². The number of para-hydroxylation sites is 1. The van der Waals surface area contributed by atoms with E-state index >= 15 is 0 Å². The Morgan fingerprint density at radius 2 is 1.47 bits per heavy atom. The van der Waals surface area contributed by atoms with Crippen molar-refractivity contribution < 1.29 is 13.9 Å². The number of benzene rings is 3. The largest absolute Gasteiger partial charge is 0.494 e. The molecule has 1 fully saturated rings. The number of nitrogens with one attached hydrogen (secondary N) is 1. The summed E-state index contributed by atoms with van der Waals surface area (Å²) in [5.41, 5.74) is 3.58. The van der Waals surface area contributed by atoms with Crippen molar-refractivity contribution >= 4 is 11.6 Å². The quantitative estimate of drug-likeness (QED) is 0.600. The standard InChI is InChI=1S/C26H28FN3O2/c1-32-25-12-9-21(17-24(25)27)19-30-15-13-29(14-16-30)18-20-7-10-22(11-8-20)26(31)28-23-5-3-2-4-6-23/h2-12,17H,13-16,18-19H2,1H3,(H,28,31). The Kier molecular flexibility index (Phi) is 7.14. The lowest BCUT2D eigenvalue weighted by Crippen LogP contribution is -2.45. The summed E-state index contributed by atoms with van der Waals surface area (Å²) in [4.78, 5) is 17.1. The molecular formula is C26H28FN3O2. The number of carbonyl (C=O) groups excluding carboxylic acids is 1. The first-order valence-corrected chi connectivity index (χ1v) is 10.8. The van der Waals surface area contributed by atoms with E-state index in [2.05, 4.69) is 15.1 Å². The second-order valence-electron chi connectivity index (χ2n) is 8.04. The summed E-state index contributed by atoms with van der Waals surface area (Å²) >= 11 is 0. The number of hydrogen-bond acceptors (Lipinski definition) is 4. The summed E-state index contributed by atoms with van der Waals surface area (Å²) in [6.07, 6.45) is 0. The number of amides is 1. The first kappa shape index (κ1) is 22.0. The van der Waals surface area contributed by atoms with Gasteiger partial charge in [0.2, 0.25) is 0 Å². The molecule has 1 saturated heterocycles. The Hall–Kier alpha value is -3.22. The van der Waals surface area contributed by atoms with Crippen molar-refractivity contribution in [1.29, 1.82) is 0 Å². The van der Waals surface area contributed by atoms with E-state index in [0.29, 0.717) is 5.56 Å². The fourth-order valence-electron chi connectivity index (χ4n) is 3.92. The number of piperazine rings is 1. The van der Waals surface area contributed by atoms with Crippen molar-refractivity contribution in [2.24, 2.45) is 0 Å². The average Bonchev–Trinajstić information content (AvgIpc) is 2.82. The van der Waals surface area contributed by atoms with Gasteiger partial charge in [-0.25, -0.2) is 4.39 Å². The number of rotatable bonds is 7. The van der Waals surface area contributed by atoms with E-state index in [1.54, 1.807) is 12.1 Å². The molecule has 5 nitrogen and oxygen atoms in total. The predicted octanol–water partition coefficient (Wildman–Crippen LogP) is 4.40. The van der Waals surface area contributed by atoms with Gasteiger partial charge in [0.15, 0.2) is 11.6 Å². The highest BCUT2D eigenvalue weighted by Gasteiger charge is 2.18. The molecule has 6 heteroatoms. The van der Waals surface area contributed by atoms with Crippen LogP contribution >= 0.6 is 0 Å². The first-order valence-electron chi connectivity index (χ1n) is 10.8. The minimum absolute atomic E-state index is 0.105. The molecule has 1 N–H and O–H groups in total. The molecule has 0 saturated carbocycles. The fraction of sp³-hybridized carbons (Fsp3) is 0.269. The highest BCUT2D eigenvalue weighted by molar-refractivity contribution is 6.04. The molecule has 3 aromatic carbocycles. The van der Waals surface area contributed by atoms with Gasteiger partial charge in [0.05, 0.1) is 7.11 Å². The van der Waals surface area contributed by atoms with Crippen molar-refractivity contribution in [3.63, 3.8) is 0 Å². The molecule has 0 aromatic heterocycles. The summed E-state index contributed by atoms with van der Waals surface area (Å²) in [6.45, 7) is 5.37. The zero-order chi connectivity index (χ0) is 22.3. The summed E-state index contributed by atoms with van der Waals surface area (Å²) in [7, 11) is 1.48. The highest BCUT2D eigenvalue weighted by Crippen LogP contribution is 2.19. The van der Waals surface area contributed by atoms with Gasteiger partial charge >= 0.3 is 0 Å². The zero-order valence-corrected chi connectivity index (χ0v) is 18.3. The van der Waals surface area contributed by atoms with Crippen LogP contribution in [0.1, 0.15) is 21.5 Å². The van der Waals surface area contributed by atoms with Crippen molar-refractivity contribution in [3.8, 4) is 5.75 Å². The van der Waals surface area contributed by atoms with E-state index in [4.69, 9.17) is 4.74 Å². The summed E-state index contributed by atoms with van der Waals surface area (Å²) in [5.74, 6) is -0.141. The molecule has 166 valence electrons. The zero-order valence-electron chi connectivity index (χ0n) is 18.3. The lowest BCUT2D eigenvalue weighted by molar-refractivity contribution is 0.102. The molecule has 0 atom stereocenters. The molecule has 1 aliphatic heterocycles. The Balaban J connectivity index is 1.25. The monoisotopic (exact) mass is 433 g/mol. The second kappa shape index (κ2) is 10.4. The lowest BCUT2D eigenvalue weighted by atomic mass is 10.1. The molecule has 3 aromatic rings. The van der Waals surface area contributed by atoms with Crippen LogP contribution in [0.5, 0.6) is 5.75 Å². The number of methoxy groups -OCH3 is 1. The summed E-state index contributed by atoms with van der Waals surface area (Å²) < 4.78 is 18.9. The summed E-state index contributed by atoms with van der Waals surface area (Å²) in [6, 6.07) is 22.4. The van der Waals surface area contributed by atoms with Crippen molar-refractivity contribution in [2.45, 2.75) is 13.1 Å². The third-order valence-corrected chi connectivity index (χ3v) is 5.74. The molecule has 0 unspecified atom stereocenters. The van der Waals surface area contributed by atoms with Crippen LogP contribution < -0.4 is 10.1 Å². The topological polar surface area (TPSA) is 44.8 Å². The van der Waals surface area contributed by atoms with Crippen LogP contribution in [0.4, 0.5) is 10.1 Å². The Morgan fingerprint density at radius 1 is 0.875 bits per heavy atom. The Labute approximate surface area is 188 Å². The molecule has 1 aliphatic rings. The second-order valence-corrected chi connectivity index (χ2v) is 8.04. The molecule has 0 radical (unpaired) electrons. The maximum atomic E-state index is 13.9. The number of nitrogens with zero attached hydrogens (tertiary/aromatic N) is 2. The van der Waals surface area contributed by atoms with Gasteiger partial charge in [-0.05, 0) is 47.5 Å². The fourth-order valence-corrected chi connectivity index (χ4v) is 3.92. The number of ether oxygens (including phenoxy) is 1. The van der Waals surface area contributed by atoms with Gasteiger partial charge in [-0.3, -0.25) is 14.6 Å². The van der Waals surface area contributed by atoms with Gasteiger partial charge in [0.1, 0.15) is 0 Å². The predicted molar refractivity (Wildman–Crippen MR) is 124 cm³/mol. The van der Waals surface area contributed by atoms with Gasteiger partial charge in [-0.1, -0.05) is 36.4 Å². The molecule has 1 heterocycles. The third kappa shape index (κ3) is 5.72. The highest BCUT2D eigenvalue weighted by atomic mass is 19.1. The maximum Gasteiger partial charge on any atom is 0.255 e. The van der Waals surface area contributed by atoms with E-state index in [-0.39, 0.29) is 17.5 Å². The van der Waals surface area contributed by atoms with Gasteiger partial charge in [-0.15, -0.1) is 0 Å². The minimum Gasteiger partial charge on any atom is -0.494 e. The van der Waals surface area contributed by atoms with Crippen molar-refractivity contribution in [1.82, 2.24) is 9.80 Å². The number of anilines is 1. The van der Waals surface area contributed by atoms with Crippen LogP contribution in [0.25, 0.3) is 0 Å². The van der Waals surface area contributed by atoms with Crippen LogP contribution in [0.15, 0.2) is 72.8 Å². The van der Waals surface area contributed by atoms with E-state index in [1.165, 1.54) is 12.7 Å². The van der Waals surface area contributed by atoms with E-state index < -0.39 is 0 Å².